The van der Waals surface area contributed by atoms with Crippen molar-refractivity contribution in [2.75, 3.05) is 27.4 Å². The number of likely N-dealkylation sites (tertiary alicyclic amines) is 1. The molecule has 1 N–H and O–H groups in total. The highest BCUT2D eigenvalue weighted by Gasteiger charge is 2.45. The van der Waals surface area contributed by atoms with Crippen molar-refractivity contribution in [1.82, 2.24) is 4.90 Å². The van der Waals surface area contributed by atoms with Crippen LogP contribution >= 0.6 is 11.6 Å². The molecule has 7 heteroatoms. The molecule has 1 unspecified atom stereocenters. The predicted molar refractivity (Wildman–Crippen MR) is 110 cm³/mol. The highest BCUT2D eigenvalue weighted by molar-refractivity contribution is 6.46. The van der Waals surface area contributed by atoms with E-state index in [2.05, 4.69) is 0 Å². The number of rotatable bonds is 7. The number of nitrogens with zero attached hydrogens (tertiary/aromatic N) is 1. The molecule has 0 aromatic heterocycles. The lowest BCUT2D eigenvalue weighted by atomic mass is 9.95. The van der Waals surface area contributed by atoms with Gasteiger partial charge in [0, 0.05) is 30.8 Å². The summed E-state index contributed by atoms with van der Waals surface area (Å²) in [7, 11) is 3.12. The molecule has 152 valence electrons. The Balaban J connectivity index is 2.09. The summed E-state index contributed by atoms with van der Waals surface area (Å²) >= 11 is 6.00. The maximum Gasteiger partial charge on any atom is 0.295 e. The van der Waals surface area contributed by atoms with Crippen LogP contribution in [0.15, 0.2) is 54.1 Å². The van der Waals surface area contributed by atoms with Gasteiger partial charge < -0.3 is 19.5 Å². The van der Waals surface area contributed by atoms with E-state index in [1.807, 2.05) is 0 Å². The van der Waals surface area contributed by atoms with E-state index in [1.54, 1.807) is 62.8 Å². The first-order chi connectivity index (χ1) is 14.0. The minimum Gasteiger partial charge on any atom is -0.507 e. The third-order valence-electron chi connectivity index (χ3n) is 4.84. The number of benzene rings is 2. The van der Waals surface area contributed by atoms with E-state index in [0.29, 0.717) is 41.5 Å². The van der Waals surface area contributed by atoms with Gasteiger partial charge in [-0.3, -0.25) is 9.59 Å². The quantitative estimate of drug-likeness (QED) is 0.322. The number of methoxy groups -OCH3 is 2. The normalized spacial score (nSPS) is 18.3. The monoisotopic (exact) mass is 415 g/mol. The Morgan fingerprint density at radius 3 is 2.31 bits per heavy atom. The Labute approximate surface area is 174 Å². The van der Waals surface area contributed by atoms with Gasteiger partial charge in [-0.15, -0.1) is 0 Å². The Bertz CT molecular complexity index is 921. The van der Waals surface area contributed by atoms with Crippen molar-refractivity contribution in [3.8, 4) is 5.75 Å². The van der Waals surface area contributed by atoms with Crippen molar-refractivity contribution in [1.29, 1.82) is 0 Å². The zero-order chi connectivity index (χ0) is 21.0. The van der Waals surface area contributed by atoms with Gasteiger partial charge in [0.2, 0.25) is 0 Å². The number of aliphatic hydroxyl groups excluding tert-OH is 1. The number of aliphatic hydroxyl groups is 1. The second kappa shape index (κ2) is 9.11. The number of halogens is 1. The van der Waals surface area contributed by atoms with Gasteiger partial charge in [0.1, 0.15) is 11.5 Å². The predicted octanol–water partition coefficient (Wildman–Crippen LogP) is 3.81. The fourth-order valence-corrected chi connectivity index (χ4v) is 3.51. The largest absolute Gasteiger partial charge is 0.507 e. The van der Waals surface area contributed by atoms with E-state index < -0.39 is 17.7 Å². The topological polar surface area (TPSA) is 76.1 Å². The molecule has 1 aliphatic heterocycles. The minimum absolute atomic E-state index is 0.0555. The molecule has 0 radical (unpaired) electrons. The number of amides is 1. The number of ether oxygens (including phenoxy) is 2. The van der Waals surface area contributed by atoms with Crippen molar-refractivity contribution < 1.29 is 24.2 Å². The van der Waals surface area contributed by atoms with E-state index in [0.717, 1.165) is 0 Å². The van der Waals surface area contributed by atoms with Gasteiger partial charge >= 0.3 is 0 Å². The summed E-state index contributed by atoms with van der Waals surface area (Å²) in [6.07, 6.45) is 0.566. The molecule has 6 nitrogen and oxygen atoms in total. The third-order valence-corrected chi connectivity index (χ3v) is 5.09. The first-order valence-corrected chi connectivity index (χ1v) is 9.53. The molecule has 0 bridgehead atoms. The SMILES string of the molecule is COCCCN1C(=O)C(=O)C(=C(O)c2ccc(OC)cc2)C1c1ccc(Cl)cc1. The third kappa shape index (κ3) is 4.28. The zero-order valence-corrected chi connectivity index (χ0v) is 17.0. The molecule has 1 amide bonds. The van der Waals surface area contributed by atoms with Crippen LogP contribution in [-0.2, 0) is 14.3 Å². The van der Waals surface area contributed by atoms with Crippen LogP contribution in [0.1, 0.15) is 23.6 Å². The van der Waals surface area contributed by atoms with Gasteiger partial charge in [-0.2, -0.15) is 0 Å². The summed E-state index contributed by atoms with van der Waals surface area (Å²) in [6.45, 7) is 0.778. The maximum atomic E-state index is 12.8. The van der Waals surface area contributed by atoms with Crippen LogP contribution in [-0.4, -0.2) is 49.1 Å². The van der Waals surface area contributed by atoms with E-state index >= 15 is 0 Å². The Kier molecular flexibility index (Phi) is 6.56. The van der Waals surface area contributed by atoms with Crippen molar-refractivity contribution in [2.24, 2.45) is 0 Å². The van der Waals surface area contributed by atoms with E-state index in [4.69, 9.17) is 21.1 Å². The summed E-state index contributed by atoms with van der Waals surface area (Å²) in [6, 6.07) is 12.8. The Hall–Kier alpha value is -2.83. The first kappa shape index (κ1) is 20.9. The zero-order valence-electron chi connectivity index (χ0n) is 16.2. The van der Waals surface area contributed by atoms with Gasteiger partial charge in [-0.25, -0.2) is 0 Å². The van der Waals surface area contributed by atoms with Crippen LogP contribution in [0.4, 0.5) is 0 Å². The number of carbonyl (C=O) groups excluding carboxylic acids is 2. The van der Waals surface area contributed by atoms with E-state index in [9.17, 15) is 14.7 Å². The molecule has 2 aromatic carbocycles. The number of Topliss-reactive ketones (excluding diaryl/α,β-unsaturated/α-hetero) is 1. The van der Waals surface area contributed by atoms with Gasteiger partial charge in [-0.1, -0.05) is 23.7 Å². The average Bonchev–Trinajstić information content (AvgIpc) is 2.99. The molecule has 0 saturated carbocycles. The van der Waals surface area contributed by atoms with Crippen LogP contribution in [0.3, 0.4) is 0 Å². The van der Waals surface area contributed by atoms with Crippen LogP contribution in [0.25, 0.3) is 5.76 Å². The molecule has 2 aromatic rings. The van der Waals surface area contributed by atoms with Gasteiger partial charge in [-0.05, 0) is 48.4 Å². The number of hydrogen-bond acceptors (Lipinski definition) is 5. The van der Waals surface area contributed by atoms with E-state index in [-0.39, 0.29) is 11.3 Å². The van der Waals surface area contributed by atoms with Gasteiger partial charge in [0.05, 0.1) is 18.7 Å². The van der Waals surface area contributed by atoms with Crippen LogP contribution in [0, 0.1) is 0 Å². The maximum absolute atomic E-state index is 12.8. The summed E-state index contributed by atoms with van der Waals surface area (Å²) in [5, 5.41) is 11.5. The molecule has 1 atom stereocenters. The van der Waals surface area contributed by atoms with Crippen molar-refractivity contribution in [3.63, 3.8) is 0 Å². The number of carbonyl (C=O) groups is 2. The molecule has 0 spiro atoms. The van der Waals surface area contributed by atoms with Crippen molar-refractivity contribution in [2.45, 2.75) is 12.5 Å². The molecule has 0 aliphatic carbocycles. The summed E-state index contributed by atoms with van der Waals surface area (Å²) < 4.78 is 10.2. The average molecular weight is 416 g/mol. The lowest BCUT2D eigenvalue weighted by molar-refractivity contribution is -0.140. The molecule has 29 heavy (non-hydrogen) atoms. The molecule has 1 saturated heterocycles. The standard InChI is InChI=1S/C22H22ClNO5/c1-28-13-3-12-24-19(14-4-8-16(23)9-5-14)18(21(26)22(24)27)20(25)15-6-10-17(29-2)11-7-15/h4-11,19,25H,3,12-13H2,1-2H3. The molecule has 1 aliphatic rings. The Morgan fingerprint density at radius 2 is 1.72 bits per heavy atom. The second-order valence-corrected chi connectivity index (χ2v) is 7.06. The fourth-order valence-electron chi connectivity index (χ4n) is 3.39. The molecular formula is C22H22ClNO5. The smallest absolute Gasteiger partial charge is 0.295 e. The highest BCUT2D eigenvalue weighted by atomic mass is 35.5. The van der Waals surface area contributed by atoms with Crippen molar-refractivity contribution >= 4 is 29.1 Å². The number of ketones is 1. The van der Waals surface area contributed by atoms with Crippen LogP contribution in [0.2, 0.25) is 5.02 Å². The summed E-state index contributed by atoms with van der Waals surface area (Å²) in [5.41, 5.74) is 1.18. The fraction of sp³-hybridized carbons (Fsp3) is 0.273. The first-order valence-electron chi connectivity index (χ1n) is 9.15. The number of hydrogen-bond donors (Lipinski definition) is 1. The Morgan fingerprint density at radius 1 is 1.07 bits per heavy atom. The van der Waals surface area contributed by atoms with Gasteiger partial charge in [0.15, 0.2) is 0 Å². The summed E-state index contributed by atoms with van der Waals surface area (Å²) in [4.78, 5) is 27.1. The highest BCUT2D eigenvalue weighted by Crippen LogP contribution is 2.39. The molecule has 1 fully saturated rings. The molecular weight excluding hydrogens is 394 g/mol. The lowest BCUT2D eigenvalue weighted by Crippen LogP contribution is -2.31. The van der Waals surface area contributed by atoms with Gasteiger partial charge in [0.25, 0.3) is 11.7 Å². The lowest BCUT2D eigenvalue weighted by Gasteiger charge is -2.25. The molecule has 3 rings (SSSR count). The minimum atomic E-state index is -0.712. The van der Waals surface area contributed by atoms with Crippen LogP contribution in [0.5, 0.6) is 5.75 Å². The van der Waals surface area contributed by atoms with Crippen molar-refractivity contribution in [3.05, 3.63) is 70.3 Å². The van der Waals surface area contributed by atoms with Crippen LogP contribution < -0.4 is 4.74 Å². The summed E-state index contributed by atoms with van der Waals surface area (Å²) in [5.74, 6) is -0.956. The van der Waals surface area contributed by atoms with E-state index in [1.165, 1.54) is 4.90 Å². The molecule has 1 heterocycles. The second-order valence-electron chi connectivity index (χ2n) is 6.62.